The van der Waals surface area contributed by atoms with E-state index in [9.17, 15) is 26.3 Å². The first-order valence-electron chi connectivity index (χ1n) is 8.72. The number of nitrogens with two attached hydrogens (primary N) is 1. The van der Waals surface area contributed by atoms with E-state index < -0.39 is 34.5 Å². The molecule has 0 saturated heterocycles. The van der Waals surface area contributed by atoms with Crippen LogP contribution in [0.3, 0.4) is 0 Å². The molecule has 13 heteroatoms. The Balaban J connectivity index is 2.02. The molecule has 0 aliphatic carbocycles. The maximum atomic E-state index is 13.7. The number of ether oxygens (including phenoxy) is 2. The molecule has 0 bridgehead atoms. The van der Waals surface area contributed by atoms with E-state index in [1.165, 1.54) is 7.11 Å². The lowest BCUT2D eigenvalue weighted by Crippen LogP contribution is -2.49. The largest absolute Gasteiger partial charge is 0.573 e. The van der Waals surface area contributed by atoms with E-state index in [0.29, 0.717) is 17.6 Å². The third kappa shape index (κ3) is 5.19. The lowest BCUT2D eigenvalue weighted by atomic mass is 9.91. The van der Waals surface area contributed by atoms with Crippen molar-refractivity contribution in [1.29, 1.82) is 0 Å². The van der Waals surface area contributed by atoms with Crippen LogP contribution >= 0.6 is 11.6 Å². The van der Waals surface area contributed by atoms with E-state index in [0.717, 1.165) is 18.2 Å². The van der Waals surface area contributed by atoms with Crippen molar-refractivity contribution in [2.45, 2.75) is 18.2 Å². The monoisotopic (exact) mass is 480 g/mol. The van der Waals surface area contributed by atoms with Gasteiger partial charge in [-0.1, -0.05) is 23.7 Å². The molecule has 0 saturated carbocycles. The van der Waals surface area contributed by atoms with Crippen LogP contribution in [0.15, 0.2) is 59.2 Å². The van der Waals surface area contributed by atoms with Gasteiger partial charge in [-0.3, -0.25) is 5.73 Å². The predicted octanol–water partition coefficient (Wildman–Crippen LogP) is 4.88. The number of rotatable bonds is 4. The minimum atomic E-state index is -5.04. The second kappa shape index (κ2) is 8.43. The van der Waals surface area contributed by atoms with E-state index >= 15 is 0 Å². The molecule has 1 aliphatic heterocycles. The minimum absolute atomic E-state index is 0.152. The maximum absolute atomic E-state index is 13.7. The van der Waals surface area contributed by atoms with Crippen LogP contribution in [0.5, 0.6) is 11.5 Å². The van der Waals surface area contributed by atoms with Crippen molar-refractivity contribution in [2.24, 2.45) is 10.7 Å². The van der Waals surface area contributed by atoms with Gasteiger partial charge in [0.2, 0.25) is 5.96 Å². The van der Waals surface area contributed by atoms with Crippen LogP contribution in [0.1, 0.15) is 5.56 Å². The Morgan fingerprint density at radius 2 is 1.81 bits per heavy atom. The Bertz CT molecular complexity index is 1070. The summed E-state index contributed by atoms with van der Waals surface area (Å²) in [6, 6.07) is 8.98. The zero-order valence-electron chi connectivity index (χ0n) is 16.1. The fourth-order valence-electron chi connectivity index (χ4n) is 2.88. The summed E-state index contributed by atoms with van der Waals surface area (Å²) < 4.78 is 87.3. The highest BCUT2D eigenvalue weighted by Crippen LogP contribution is 2.42. The molecule has 2 aromatic carbocycles. The Morgan fingerprint density at radius 3 is 2.41 bits per heavy atom. The molecule has 1 atom stereocenters. The van der Waals surface area contributed by atoms with Crippen molar-refractivity contribution >= 4 is 23.2 Å². The SMILES string of the molecule is COc1cccc(NC2=NC(N)(c3ccc(OC(F)(F)F)c(Cl)c3)C(C(F)(F)F)=CN2)c1. The zero-order chi connectivity index (χ0) is 23.7. The normalized spacial score (nSPS) is 18.9. The average molecular weight is 481 g/mol. The summed E-state index contributed by atoms with van der Waals surface area (Å²) in [6.45, 7) is 0. The molecule has 0 radical (unpaired) electrons. The van der Waals surface area contributed by atoms with Gasteiger partial charge >= 0.3 is 12.5 Å². The van der Waals surface area contributed by atoms with Crippen LogP contribution < -0.4 is 25.8 Å². The lowest BCUT2D eigenvalue weighted by Gasteiger charge is -2.34. The van der Waals surface area contributed by atoms with Gasteiger partial charge in [-0.25, -0.2) is 4.99 Å². The van der Waals surface area contributed by atoms with Crippen molar-refractivity contribution in [1.82, 2.24) is 5.32 Å². The summed E-state index contributed by atoms with van der Waals surface area (Å²) in [7, 11) is 1.44. The van der Waals surface area contributed by atoms with Gasteiger partial charge in [-0.15, -0.1) is 13.2 Å². The van der Waals surface area contributed by atoms with Gasteiger partial charge < -0.3 is 20.1 Å². The van der Waals surface area contributed by atoms with Gasteiger partial charge in [0.25, 0.3) is 0 Å². The zero-order valence-corrected chi connectivity index (χ0v) is 16.9. The molecular weight excluding hydrogens is 466 g/mol. The van der Waals surface area contributed by atoms with E-state index in [1.807, 2.05) is 0 Å². The van der Waals surface area contributed by atoms with Gasteiger partial charge in [0.1, 0.15) is 11.5 Å². The number of hydrogen-bond acceptors (Lipinski definition) is 6. The van der Waals surface area contributed by atoms with E-state index in [-0.39, 0.29) is 11.5 Å². The second-order valence-corrected chi connectivity index (χ2v) is 6.88. The average Bonchev–Trinajstić information content (AvgIpc) is 2.67. The molecule has 0 aromatic heterocycles. The van der Waals surface area contributed by atoms with Crippen LogP contribution in [-0.2, 0) is 5.66 Å². The van der Waals surface area contributed by atoms with Gasteiger partial charge in [0.05, 0.1) is 17.7 Å². The predicted molar refractivity (Wildman–Crippen MR) is 105 cm³/mol. The number of halogens is 7. The first kappa shape index (κ1) is 23.5. The smallest absolute Gasteiger partial charge is 0.497 e. The highest BCUT2D eigenvalue weighted by molar-refractivity contribution is 6.32. The van der Waals surface area contributed by atoms with Gasteiger partial charge in [-0.2, -0.15) is 13.2 Å². The fraction of sp³-hybridized carbons (Fsp3) is 0.211. The van der Waals surface area contributed by atoms with Crippen LogP contribution in [-0.4, -0.2) is 25.6 Å². The summed E-state index contributed by atoms with van der Waals surface area (Å²) in [5, 5.41) is 4.55. The number of hydrogen-bond donors (Lipinski definition) is 3. The number of alkyl halides is 6. The van der Waals surface area contributed by atoms with Gasteiger partial charge in [0.15, 0.2) is 5.66 Å². The highest BCUT2D eigenvalue weighted by atomic mass is 35.5. The topological polar surface area (TPSA) is 80.9 Å². The number of methoxy groups -OCH3 is 1. The van der Waals surface area contributed by atoms with Crippen molar-refractivity contribution in [3.05, 3.63) is 64.8 Å². The molecule has 172 valence electrons. The summed E-state index contributed by atoms with van der Waals surface area (Å²) in [5.74, 6) is -0.471. The Kier molecular flexibility index (Phi) is 6.20. The number of nitrogens with zero attached hydrogens (tertiary/aromatic N) is 1. The van der Waals surface area contributed by atoms with Crippen molar-refractivity contribution in [2.75, 3.05) is 12.4 Å². The first-order valence-corrected chi connectivity index (χ1v) is 9.09. The maximum Gasteiger partial charge on any atom is 0.573 e. The van der Waals surface area contributed by atoms with Crippen LogP contribution in [0.4, 0.5) is 32.0 Å². The molecule has 0 amide bonds. The lowest BCUT2D eigenvalue weighted by molar-refractivity contribution is -0.274. The van der Waals surface area contributed by atoms with Crippen LogP contribution in [0.2, 0.25) is 5.02 Å². The van der Waals surface area contributed by atoms with E-state index in [2.05, 4.69) is 20.4 Å². The van der Waals surface area contributed by atoms with Crippen LogP contribution in [0, 0.1) is 0 Å². The Labute approximate surface area is 182 Å². The second-order valence-electron chi connectivity index (χ2n) is 6.48. The molecule has 1 unspecified atom stereocenters. The Morgan fingerprint density at radius 1 is 1.09 bits per heavy atom. The number of benzene rings is 2. The molecule has 0 spiro atoms. The third-order valence-electron chi connectivity index (χ3n) is 4.29. The van der Waals surface area contributed by atoms with Crippen molar-refractivity contribution in [3.63, 3.8) is 0 Å². The molecule has 32 heavy (non-hydrogen) atoms. The molecule has 2 aromatic rings. The van der Waals surface area contributed by atoms with E-state index in [4.69, 9.17) is 22.1 Å². The molecule has 1 aliphatic rings. The summed E-state index contributed by atoms with van der Waals surface area (Å²) in [4.78, 5) is 3.95. The third-order valence-corrected chi connectivity index (χ3v) is 4.58. The number of aliphatic imine (C=N–C) groups is 1. The summed E-state index contributed by atoms with van der Waals surface area (Å²) in [6.07, 6.45) is -9.34. The molecular formula is C19H15ClF6N4O2. The summed E-state index contributed by atoms with van der Waals surface area (Å²) >= 11 is 5.80. The molecule has 1 heterocycles. The Hall–Kier alpha value is -3.12. The number of anilines is 1. The first-order chi connectivity index (χ1) is 14.8. The molecule has 4 N–H and O–H groups in total. The number of nitrogens with one attached hydrogen (secondary N) is 2. The quantitative estimate of drug-likeness (QED) is 0.544. The molecule has 0 fully saturated rings. The molecule has 6 nitrogen and oxygen atoms in total. The van der Waals surface area contributed by atoms with Crippen molar-refractivity contribution in [3.8, 4) is 11.5 Å². The number of guanidine groups is 1. The standard InChI is InChI=1S/C19H15ClF6N4O2/c1-31-12-4-2-3-11(8-12)29-16-28-9-15(18(21,22)23)17(27,30-16)10-5-6-14(13(20)7-10)32-19(24,25)26/h2-9H,27H2,1H3,(H2,28,29,30). The fourth-order valence-corrected chi connectivity index (χ4v) is 3.10. The summed E-state index contributed by atoms with van der Waals surface area (Å²) in [5.41, 5.74) is 2.35. The van der Waals surface area contributed by atoms with E-state index in [1.54, 1.807) is 24.3 Å². The van der Waals surface area contributed by atoms with Crippen molar-refractivity contribution < 1.29 is 35.8 Å². The van der Waals surface area contributed by atoms with Gasteiger partial charge in [0, 0.05) is 23.5 Å². The van der Waals surface area contributed by atoms with Gasteiger partial charge in [-0.05, 0) is 24.3 Å². The highest BCUT2D eigenvalue weighted by Gasteiger charge is 2.49. The van der Waals surface area contributed by atoms with Crippen LogP contribution in [0.25, 0.3) is 0 Å². The molecule has 3 rings (SSSR count). The minimum Gasteiger partial charge on any atom is -0.497 e.